The molecule has 0 amide bonds. The predicted molar refractivity (Wildman–Crippen MR) is 73.2 cm³/mol. The van der Waals surface area contributed by atoms with E-state index in [-0.39, 0.29) is 11.9 Å². The molecule has 2 aromatic rings. The van der Waals surface area contributed by atoms with Crippen LogP contribution in [0.1, 0.15) is 28.5 Å². The van der Waals surface area contributed by atoms with Crippen molar-refractivity contribution < 1.29 is 8.81 Å². The molecule has 0 saturated carbocycles. The highest BCUT2D eigenvalue weighted by molar-refractivity contribution is 9.10. The van der Waals surface area contributed by atoms with Crippen molar-refractivity contribution in [3.05, 3.63) is 57.2 Å². The molecule has 0 spiro atoms. The van der Waals surface area contributed by atoms with E-state index in [9.17, 15) is 4.39 Å². The van der Waals surface area contributed by atoms with Crippen LogP contribution in [0.15, 0.2) is 33.4 Å². The van der Waals surface area contributed by atoms with Crippen molar-refractivity contribution in [1.29, 1.82) is 0 Å². The average molecular weight is 312 g/mol. The van der Waals surface area contributed by atoms with Crippen LogP contribution in [0.3, 0.4) is 0 Å². The second-order valence-electron chi connectivity index (χ2n) is 4.32. The highest BCUT2D eigenvalue weighted by Crippen LogP contribution is 2.30. The zero-order chi connectivity index (χ0) is 13.3. The maximum Gasteiger partial charge on any atom is 0.169 e. The Labute approximate surface area is 114 Å². The van der Waals surface area contributed by atoms with Crippen molar-refractivity contribution in [3.8, 4) is 0 Å². The fourth-order valence-electron chi connectivity index (χ4n) is 2.29. The summed E-state index contributed by atoms with van der Waals surface area (Å²) in [7, 11) is 1.86. The summed E-state index contributed by atoms with van der Waals surface area (Å²) in [5, 5.41) is 3.21. The Bertz CT molecular complexity index is 542. The molecule has 1 aromatic carbocycles. The molecule has 0 aliphatic carbocycles. The average Bonchev–Trinajstić information content (AvgIpc) is 2.69. The van der Waals surface area contributed by atoms with Gasteiger partial charge >= 0.3 is 0 Å². The lowest BCUT2D eigenvalue weighted by molar-refractivity contribution is 0.445. The van der Waals surface area contributed by atoms with Crippen molar-refractivity contribution >= 4 is 15.9 Å². The Morgan fingerprint density at radius 1 is 1.22 bits per heavy atom. The van der Waals surface area contributed by atoms with E-state index < -0.39 is 0 Å². The number of rotatable bonds is 3. The Balaban J connectivity index is 2.51. The van der Waals surface area contributed by atoms with Gasteiger partial charge in [-0.25, -0.2) is 4.39 Å². The molecule has 0 radical (unpaired) electrons. The van der Waals surface area contributed by atoms with Crippen LogP contribution < -0.4 is 5.32 Å². The first-order chi connectivity index (χ1) is 8.52. The van der Waals surface area contributed by atoms with E-state index in [0.29, 0.717) is 4.67 Å². The zero-order valence-corrected chi connectivity index (χ0v) is 12.1. The largest absolute Gasteiger partial charge is 0.452 e. The van der Waals surface area contributed by atoms with E-state index >= 15 is 0 Å². The minimum atomic E-state index is -0.204. The minimum absolute atomic E-state index is 0.0723. The summed E-state index contributed by atoms with van der Waals surface area (Å²) >= 11 is 3.30. The van der Waals surface area contributed by atoms with Gasteiger partial charge in [0.25, 0.3) is 0 Å². The molecule has 1 atom stereocenters. The molecule has 0 fully saturated rings. The van der Waals surface area contributed by atoms with Gasteiger partial charge in [0, 0.05) is 0 Å². The van der Waals surface area contributed by atoms with Crippen LogP contribution >= 0.6 is 15.9 Å². The fourth-order valence-corrected chi connectivity index (χ4v) is 2.61. The van der Waals surface area contributed by atoms with Gasteiger partial charge in [0.05, 0.1) is 6.04 Å². The third-order valence-corrected chi connectivity index (χ3v) is 3.44. The topological polar surface area (TPSA) is 25.2 Å². The van der Waals surface area contributed by atoms with Crippen LogP contribution in [0, 0.1) is 19.7 Å². The standard InChI is InChI=1S/C14H15BrFNO/c1-8-6-10(16)7-9(2)13(8)14(17-3)11-4-5-12(15)18-11/h4-7,14,17H,1-3H3. The van der Waals surface area contributed by atoms with Crippen LogP contribution in [0.5, 0.6) is 0 Å². The van der Waals surface area contributed by atoms with Crippen molar-refractivity contribution in [1.82, 2.24) is 5.32 Å². The van der Waals surface area contributed by atoms with Crippen molar-refractivity contribution in [2.24, 2.45) is 0 Å². The van der Waals surface area contributed by atoms with Crippen LogP contribution in [0.2, 0.25) is 0 Å². The summed E-state index contributed by atoms with van der Waals surface area (Å²) in [5.74, 6) is 0.603. The minimum Gasteiger partial charge on any atom is -0.452 e. The lowest BCUT2D eigenvalue weighted by Gasteiger charge is -2.19. The molecule has 96 valence electrons. The predicted octanol–water partition coefficient (Wildman–Crippen LogP) is 4.11. The molecule has 1 heterocycles. The molecule has 1 N–H and O–H groups in total. The summed E-state index contributed by atoms with van der Waals surface area (Å²) in [6, 6.07) is 6.79. The smallest absolute Gasteiger partial charge is 0.169 e. The van der Waals surface area contributed by atoms with E-state index in [0.717, 1.165) is 22.5 Å². The molecule has 0 bridgehead atoms. The SMILES string of the molecule is CNC(c1ccc(Br)o1)c1c(C)cc(F)cc1C. The maximum atomic E-state index is 13.3. The van der Waals surface area contributed by atoms with E-state index in [4.69, 9.17) is 4.42 Å². The van der Waals surface area contributed by atoms with Gasteiger partial charge in [0.15, 0.2) is 4.67 Å². The Kier molecular flexibility index (Phi) is 3.88. The second kappa shape index (κ2) is 5.24. The number of halogens is 2. The summed E-state index contributed by atoms with van der Waals surface area (Å²) in [6.07, 6.45) is 0. The highest BCUT2D eigenvalue weighted by atomic mass is 79.9. The first-order valence-corrected chi connectivity index (χ1v) is 6.51. The Hall–Kier alpha value is -1.13. The second-order valence-corrected chi connectivity index (χ2v) is 5.10. The van der Waals surface area contributed by atoms with Crippen molar-refractivity contribution in [3.63, 3.8) is 0 Å². The number of benzene rings is 1. The lowest BCUT2D eigenvalue weighted by Crippen LogP contribution is -2.19. The van der Waals surface area contributed by atoms with Crippen LogP contribution in [-0.4, -0.2) is 7.05 Å². The Morgan fingerprint density at radius 2 is 1.83 bits per heavy atom. The fraction of sp³-hybridized carbons (Fsp3) is 0.286. The first kappa shape index (κ1) is 13.3. The van der Waals surface area contributed by atoms with E-state index in [1.165, 1.54) is 0 Å². The van der Waals surface area contributed by atoms with Crippen molar-refractivity contribution in [2.75, 3.05) is 7.05 Å². The number of hydrogen-bond donors (Lipinski definition) is 1. The lowest BCUT2D eigenvalue weighted by atomic mass is 9.94. The van der Waals surface area contributed by atoms with Gasteiger partial charge in [-0.3, -0.25) is 0 Å². The van der Waals surface area contributed by atoms with Gasteiger partial charge in [-0.05, 0) is 77.8 Å². The molecule has 2 nitrogen and oxygen atoms in total. The van der Waals surface area contributed by atoms with Gasteiger partial charge in [-0.2, -0.15) is 0 Å². The summed E-state index contributed by atoms with van der Waals surface area (Å²) < 4.78 is 19.6. The molecule has 1 aromatic heterocycles. The summed E-state index contributed by atoms with van der Waals surface area (Å²) in [6.45, 7) is 3.82. The van der Waals surface area contributed by atoms with Gasteiger partial charge in [0.2, 0.25) is 0 Å². The molecular weight excluding hydrogens is 297 g/mol. The van der Waals surface area contributed by atoms with E-state index in [1.54, 1.807) is 12.1 Å². The first-order valence-electron chi connectivity index (χ1n) is 5.72. The quantitative estimate of drug-likeness (QED) is 0.923. The molecule has 18 heavy (non-hydrogen) atoms. The summed E-state index contributed by atoms with van der Waals surface area (Å²) in [4.78, 5) is 0. The molecule has 0 saturated heterocycles. The molecular formula is C14H15BrFNO. The number of nitrogens with one attached hydrogen (secondary N) is 1. The number of hydrogen-bond acceptors (Lipinski definition) is 2. The van der Waals surface area contributed by atoms with Crippen molar-refractivity contribution in [2.45, 2.75) is 19.9 Å². The molecule has 4 heteroatoms. The van der Waals surface area contributed by atoms with Gasteiger partial charge < -0.3 is 9.73 Å². The van der Waals surface area contributed by atoms with Gasteiger partial charge in [0.1, 0.15) is 11.6 Å². The monoisotopic (exact) mass is 311 g/mol. The third-order valence-electron chi connectivity index (χ3n) is 3.01. The van der Waals surface area contributed by atoms with E-state index in [2.05, 4.69) is 21.2 Å². The number of furan rings is 1. The number of aryl methyl sites for hydroxylation is 2. The highest BCUT2D eigenvalue weighted by Gasteiger charge is 2.20. The maximum absolute atomic E-state index is 13.3. The van der Waals surface area contributed by atoms with E-state index in [1.807, 2.05) is 33.0 Å². The molecule has 2 rings (SSSR count). The zero-order valence-electron chi connectivity index (χ0n) is 10.6. The van der Waals surface area contributed by atoms with Gasteiger partial charge in [-0.1, -0.05) is 0 Å². The normalized spacial score (nSPS) is 12.7. The summed E-state index contributed by atoms with van der Waals surface area (Å²) in [5.41, 5.74) is 2.89. The third kappa shape index (κ3) is 2.49. The van der Waals surface area contributed by atoms with Crippen LogP contribution in [-0.2, 0) is 0 Å². The molecule has 0 aliphatic heterocycles. The van der Waals surface area contributed by atoms with Crippen LogP contribution in [0.25, 0.3) is 0 Å². The van der Waals surface area contributed by atoms with Crippen LogP contribution in [0.4, 0.5) is 4.39 Å². The Morgan fingerprint density at radius 3 is 2.28 bits per heavy atom. The van der Waals surface area contributed by atoms with Gasteiger partial charge in [-0.15, -0.1) is 0 Å². The molecule has 0 aliphatic rings. The molecule has 1 unspecified atom stereocenters.